The zero-order chi connectivity index (χ0) is 19.1. The molecule has 3 rings (SSSR count). The van der Waals surface area contributed by atoms with Crippen LogP contribution < -0.4 is 0 Å². The largest absolute Gasteiger partial charge is 0.204 e. The van der Waals surface area contributed by atoms with Crippen LogP contribution in [0.5, 0.6) is 0 Å². The summed E-state index contributed by atoms with van der Waals surface area (Å²) in [6, 6.07) is 12.9. The summed E-state index contributed by atoms with van der Waals surface area (Å²) in [5.74, 6) is 5.32. The molecule has 0 amide bonds. The molecule has 1 saturated carbocycles. The molecule has 0 spiro atoms. The zero-order valence-corrected chi connectivity index (χ0v) is 15.8. The van der Waals surface area contributed by atoms with Crippen molar-refractivity contribution in [3.05, 3.63) is 82.9 Å². The lowest BCUT2D eigenvalue weighted by atomic mass is 9.78. The van der Waals surface area contributed by atoms with Crippen LogP contribution in [-0.2, 0) is 6.42 Å². The van der Waals surface area contributed by atoms with Gasteiger partial charge in [-0.3, -0.25) is 0 Å². The van der Waals surface area contributed by atoms with E-state index in [0.29, 0.717) is 17.4 Å². The summed E-state index contributed by atoms with van der Waals surface area (Å²) in [6.07, 6.45) is 11.1. The van der Waals surface area contributed by atoms with E-state index in [4.69, 9.17) is 0 Å². The van der Waals surface area contributed by atoms with E-state index in [2.05, 4.69) is 49.1 Å². The first kappa shape index (κ1) is 19.4. The number of benzene rings is 2. The first-order chi connectivity index (χ1) is 13.2. The smallest absolute Gasteiger partial charge is 0.160 e. The van der Waals surface area contributed by atoms with Gasteiger partial charge in [0.15, 0.2) is 11.6 Å². The molecule has 0 aromatic heterocycles. The molecular formula is C25H26F2. The molecule has 0 aliphatic heterocycles. The maximum absolute atomic E-state index is 13.2. The molecule has 27 heavy (non-hydrogen) atoms. The van der Waals surface area contributed by atoms with E-state index in [9.17, 15) is 8.78 Å². The molecule has 1 fully saturated rings. The Morgan fingerprint density at radius 3 is 2.37 bits per heavy atom. The summed E-state index contributed by atoms with van der Waals surface area (Å²) in [5.41, 5.74) is 3.39. The maximum atomic E-state index is 13.2. The fourth-order valence-corrected chi connectivity index (χ4v) is 3.77. The highest BCUT2D eigenvalue weighted by atomic mass is 19.2. The summed E-state index contributed by atoms with van der Waals surface area (Å²) < 4.78 is 26.1. The number of aryl methyl sites for hydroxylation is 1. The third kappa shape index (κ3) is 5.54. The quantitative estimate of drug-likeness (QED) is 0.523. The van der Waals surface area contributed by atoms with Crippen molar-refractivity contribution in [1.82, 2.24) is 0 Å². The van der Waals surface area contributed by atoms with Gasteiger partial charge < -0.3 is 0 Å². The van der Waals surface area contributed by atoms with Crippen LogP contribution in [0.2, 0.25) is 0 Å². The second kappa shape index (κ2) is 9.51. The first-order valence-corrected chi connectivity index (χ1v) is 9.88. The molecule has 0 unspecified atom stereocenters. The maximum Gasteiger partial charge on any atom is 0.160 e. The van der Waals surface area contributed by atoms with Gasteiger partial charge in [0, 0.05) is 5.56 Å². The second-order valence-electron chi connectivity index (χ2n) is 7.36. The highest BCUT2D eigenvalue weighted by molar-refractivity contribution is 5.37. The monoisotopic (exact) mass is 364 g/mol. The van der Waals surface area contributed by atoms with Crippen LogP contribution in [0.3, 0.4) is 0 Å². The van der Waals surface area contributed by atoms with Crippen molar-refractivity contribution in [3.8, 4) is 11.8 Å². The summed E-state index contributed by atoms with van der Waals surface area (Å²) in [5, 5.41) is 0. The van der Waals surface area contributed by atoms with Gasteiger partial charge >= 0.3 is 0 Å². The normalized spacial score (nSPS) is 19.7. The van der Waals surface area contributed by atoms with Gasteiger partial charge in [-0.1, -0.05) is 55.5 Å². The number of halogens is 2. The fourth-order valence-electron chi connectivity index (χ4n) is 3.77. The molecule has 0 heterocycles. The van der Waals surface area contributed by atoms with Gasteiger partial charge in [0.1, 0.15) is 0 Å². The summed E-state index contributed by atoms with van der Waals surface area (Å²) in [7, 11) is 0. The van der Waals surface area contributed by atoms with Crippen molar-refractivity contribution >= 4 is 0 Å². The van der Waals surface area contributed by atoms with Crippen molar-refractivity contribution in [3.63, 3.8) is 0 Å². The van der Waals surface area contributed by atoms with E-state index < -0.39 is 11.6 Å². The zero-order valence-electron chi connectivity index (χ0n) is 15.8. The summed E-state index contributed by atoms with van der Waals surface area (Å²) in [4.78, 5) is 0. The highest BCUT2D eigenvalue weighted by Gasteiger charge is 2.20. The second-order valence-corrected chi connectivity index (χ2v) is 7.36. The third-order valence-electron chi connectivity index (χ3n) is 5.35. The van der Waals surface area contributed by atoms with E-state index in [1.54, 1.807) is 0 Å². The van der Waals surface area contributed by atoms with E-state index in [1.165, 1.54) is 49.3 Å². The van der Waals surface area contributed by atoms with E-state index >= 15 is 0 Å². The lowest BCUT2D eigenvalue weighted by Crippen LogP contribution is -2.11. The van der Waals surface area contributed by atoms with Crippen LogP contribution in [0.25, 0.3) is 0 Å². The predicted molar refractivity (Wildman–Crippen MR) is 108 cm³/mol. The van der Waals surface area contributed by atoms with Crippen molar-refractivity contribution in [2.24, 2.45) is 5.92 Å². The van der Waals surface area contributed by atoms with Crippen LogP contribution in [0.15, 0.2) is 54.6 Å². The summed E-state index contributed by atoms with van der Waals surface area (Å²) in [6.45, 7) is 2.21. The molecule has 0 bridgehead atoms. The van der Waals surface area contributed by atoms with Crippen LogP contribution in [0, 0.1) is 29.4 Å². The van der Waals surface area contributed by atoms with Crippen molar-refractivity contribution < 1.29 is 8.78 Å². The SMILES string of the molecule is CCCc1ccc([C@H]2CC[C@H](/C=C/C#Cc3ccc(F)c(F)c3)CC2)cc1. The lowest BCUT2D eigenvalue weighted by molar-refractivity contribution is 0.376. The van der Waals surface area contributed by atoms with Crippen LogP contribution in [-0.4, -0.2) is 0 Å². The van der Waals surface area contributed by atoms with E-state index in [0.717, 1.165) is 18.6 Å². The van der Waals surface area contributed by atoms with Crippen molar-refractivity contribution in [1.29, 1.82) is 0 Å². The van der Waals surface area contributed by atoms with Crippen molar-refractivity contribution in [2.45, 2.75) is 51.4 Å². The Kier molecular flexibility index (Phi) is 6.82. The number of hydrogen-bond donors (Lipinski definition) is 0. The molecule has 0 atom stereocenters. The van der Waals surface area contributed by atoms with Gasteiger partial charge in [-0.25, -0.2) is 8.78 Å². The van der Waals surface area contributed by atoms with Crippen LogP contribution >= 0.6 is 0 Å². The Morgan fingerprint density at radius 1 is 0.963 bits per heavy atom. The Labute approximate surface area is 161 Å². The molecular weight excluding hydrogens is 338 g/mol. The molecule has 0 nitrogen and oxygen atoms in total. The van der Waals surface area contributed by atoms with Gasteiger partial charge in [-0.15, -0.1) is 0 Å². The van der Waals surface area contributed by atoms with E-state index in [-0.39, 0.29) is 0 Å². The lowest BCUT2D eigenvalue weighted by Gasteiger charge is -2.27. The number of allylic oxidation sites excluding steroid dienone is 2. The molecule has 2 heteroatoms. The minimum Gasteiger partial charge on any atom is -0.204 e. The van der Waals surface area contributed by atoms with Gasteiger partial charge in [0.2, 0.25) is 0 Å². The Hall–Kier alpha value is -2.40. The Balaban J connectivity index is 1.50. The molecule has 1 aliphatic carbocycles. The number of hydrogen-bond acceptors (Lipinski definition) is 0. The van der Waals surface area contributed by atoms with Crippen molar-refractivity contribution in [2.75, 3.05) is 0 Å². The molecule has 0 N–H and O–H groups in total. The molecule has 140 valence electrons. The average molecular weight is 364 g/mol. The van der Waals surface area contributed by atoms with E-state index in [1.807, 2.05) is 6.08 Å². The van der Waals surface area contributed by atoms with Gasteiger partial charge in [-0.05, 0) is 79.3 Å². The van der Waals surface area contributed by atoms with Crippen LogP contribution in [0.1, 0.15) is 61.6 Å². The fraction of sp³-hybridized carbons (Fsp3) is 0.360. The third-order valence-corrected chi connectivity index (χ3v) is 5.35. The Bertz CT molecular complexity index is 829. The standard InChI is InChI=1S/C25H26F2/c1-2-5-19-8-13-22(14-9-19)23-15-10-20(11-16-23)6-3-4-7-21-12-17-24(26)25(27)18-21/h3,6,8-9,12-14,17-18,20,23H,2,5,10-11,15-16H2,1H3/b6-3+/t20-,23-. The van der Waals surface area contributed by atoms with Crippen LogP contribution in [0.4, 0.5) is 8.78 Å². The highest BCUT2D eigenvalue weighted by Crippen LogP contribution is 2.36. The molecule has 0 radical (unpaired) electrons. The molecule has 2 aromatic carbocycles. The van der Waals surface area contributed by atoms with Gasteiger partial charge in [0.05, 0.1) is 0 Å². The summed E-state index contributed by atoms with van der Waals surface area (Å²) >= 11 is 0. The predicted octanol–water partition coefficient (Wildman–Crippen LogP) is 6.80. The molecule has 2 aromatic rings. The number of rotatable bonds is 4. The minimum absolute atomic E-state index is 0.494. The Morgan fingerprint density at radius 2 is 1.70 bits per heavy atom. The first-order valence-electron chi connectivity index (χ1n) is 9.88. The molecule has 0 saturated heterocycles. The minimum atomic E-state index is -0.855. The molecule has 1 aliphatic rings. The van der Waals surface area contributed by atoms with Gasteiger partial charge in [-0.2, -0.15) is 0 Å². The van der Waals surface area contributed by atoms with Gasteiger partial charge in [0.25, 0.3) is 0 Å². The topological polar surface area (TPSA) is 0 Å². The average Bonchev–Trinajstić information content (AvgIpc) is 2.69.